The molecule has 2 aliphatic heterocycles. The minimum absolute atomic E-state index is 0.0294. The Morgan fingerprint density at radius 3 is 2.56 bits per heavy atom. The molecule has 2 aromatic rings. The van der Waals surface area contributed by atoms with Crippen LogP contribution in [0.15, 0.2) is 42.5 Å². The van der Waals surface area contributed by atoms with Gasteiger partial charge in [0.05, 0.1) is 0 Å². The van der Waals surface area contributed by atoms with Crippen molar-refractivity contribution < 1.29 is 13.6 Å². The fourth-order valence-corrected chi connectivity index (χ4v) is 4.57. The van der Waals surface area contributed by atoms with Gasteiger partial charge in [0.15, 0.2) is 0 Å². The van der Waals surface area contributed by atoms with E-state index in [-0.39, 0.29) is 11.3 Å². The topological polar surface area (TPSA) is 23.6 Å². The second-order valence-electron chi connectivity index (χ2n) is 7.82. The Labute approximate surface area is 158 Å². The summed E-state index contributed by atoms with van der Waals surface area (Å²) in [5.74, 6) is -0.919. The molecular weight excluding hydrogens is 346 g/mol. The molecule has 27 heavy (non-hydrogen) atoms. The average Bonchev–Trinajstić information content (AvgIpc) is 2.66. The van der Waals surface area contributed by atoms with E-state index >= 15 is 0 Å². The van der Waals surface area contributed by atoms with Gasteiger partial charge in [-0.1, -0.05) is 30.3 Å². The molecule has 3 nitrogen and oxygen atoms in total. The highest BCUT2D eigenvalue weighted by molar-refractivity contribution is 5.74. The molecular formula is C22H24F2N2O. The first-order valence-corrected chi connectivity index (χ1v) is 9.47. The normalized spacial score (nSPS) is 19.1. The lowest BCUT2D eigenvalue weighted by Crippen LogP contribution is -2.52. The van der Waals surface area contributed by atoms with Crippen LogP contribution in [0.2, 0.25) is 0 Å². The first-order valence-electron chi connectivity index (χ1n) is 9.47. The largest absolute Gasteiger partial charge is 0.338 e. The van der Waals surface area contributed by atoms with E-state index < -0.39 is 11.6 Å². The van der Waals surface area contributed by atoms with Gasteiger partial charge in [0.25, 0.3) is 0 Å². The number of nitrogens with zero attached hydrogens (tertiary/aromatic N) is 2. The summed E-state index contributed by atoms with van der Waals surface area (Å²) in [6, 6.07) is 12.2. The van der Waals surface area contributed by atoms with Gasteiger partial charge < -0.3 is 4.90 Å². The Hall–Kier alpha value is -2.27. The number of likely N-dealkylation sites (tertiary alicyclic amines) is 1. The van der Waals surface area contributed by atoms with Gasteiger partial charge in [-0.25, -0.2) is 8.78 Å². The minimum Gasteiger partial charge on any atom is -0.338 e. The highest BCUT2D eigenvalue weighted by Crippen LogP contribution is 2.42. The van der Waals surface area contributed by atoms with E-state index in [1.807, 2.05) is 11.0 Å². The Bertz CT molecular complexity index is 859. The fraction of sp³-hybridized carbons (Fsp3) is 0.409. The summed E-state index contributed by atoms with van der Waals surface area (Å²) < 4.78 is 27.1. The van der Waals surface area contributed by atoms with E-state index in [2.05, 4.69) is 23.1 Å². The maximum atomic E-state index is 14.0. The molecule has 0 aromatic heterocycles. The van der Waals surface area contributed by atoms with Gasteiger partial charge in [0.2, 0.25) is 5.91 Å². The summed E-state index contributed by atoms with van der Waals surface area (Å²) in [6.07, 6.45) is 1.85. The van der Waals surface area contributed by atoms with Crippen molar-refractivity contribution in [3.8, 4) is 0 Å². The Kier molecular flexibility index (Phi) is 4.72. The molecule has 1 saturated heterocycles. The van der Waals surface area contributed by atoms with E-state index in [9.17, 15) is 13.6 Å². The van der Waals surface area contributed by atoms with Crippen LogP contribution in [-0.2, 0) is 23.3 Å². The first kappa shape index (κ1) is 18.1. The van der Waals surface area contributed by atoms with Crippen LogP contribution in [0.5, 0.6) is 0 Å². The summed E-state index contributed by atoms with van der Waals surface area (Å²) in [6.45, 7) is 5.21. The molecule has 1 amide bonds. The zero-order valence-electron chi connectivity index (χ0n) is 15.5. The molecule has 2 aromatic carbocycles. The summed E-state index contributed by atoms with van der Waals surface area (Å²) in [4.78, 5) is 16.2. The molecule has 0 aliphatic carbocycles. The van der Waals surface area contributed by atoms with Gasteiger partial charge in [0.1, 0.15) is 11.6 Å². The number of amides is 1. The molecule has 142 valence electrons. The zero-order chi connectivity index (χ0) is 19.0. The molecule has 0 saturated carbocycles. The Morgan fingerprint density at radius 1 is 1.11 bits per heavy atom. The van der Waals surface area contributed by atoms with Crippen molar-refractivity contribution in [1.82, 2.24) is 9.80 Å². The molecule has 0 unspecified atom stereocenters. The van der Waals surface area contributed by atoms with Crippen molar-refractivity contribution >= 4 is 5.91 Å². The third-order valence-corrected chi connectivity index (χ3v) is 6.11. The molecule has 0 radical (unpaired) electrons. The van der Waals surface area contributed by atoms with Crippen LogP contribution in [-0.4, -0.2) is 35.3 Å². The third-order valence-electron chi connectivity index (χ3n) is 6.11. The molecule has 4 rings (SSSR count). The monoisotopic (exact) mass is 370 g/mol. The lowest BCUT2D eigenvalue weighted by atomic mass is 9.69. The molecule has 0 bridgehead atoms. The number of halogens is 2. The number of benzene rings is 2. The second kappa shape index (κ2) is 7.04. The smallest absolute Gasteiger partial charge is 0.219 e. The van der Waals surface area contributed by atoms with E-state index in [0.29, 0.717) is 18.7 Å². The standard InChI is InChI=1S/C22H24F2N2O/c1-16(27)26-14-17-4-2-3-5-20(17)22(15-26)8-10-25(11-9-22)13-18-6-7-19(23)12-21(18)24/h2-7,12H,8-11,13-15H2,1H3. The number of hydrogen-bond donors (Lipinski definition) is 0. The van der Waals surface area contributed by atoms with Gasteiger partial charge >= 0.3 is 0 Å². The van der Waals surface area contributed by atoms with Crippen molar-refractivity contribution in [3.05, 3.63) is 70.8 Å². The number of piperidine rings is 1. The fourth-order valence-electron chi connectivity index (χ4n) is 4.57. The summed E-state index contributed by atoms with van der Waals surface area (Å²) in [7, 11) is 0. The highest BCUT2D eigenvalue weighted by atomic mass is 19.1. The van der Waals surface area contributed by atoms with Crippen molar-refractivity contribution in [2.75, 3.05) is 19.6 Å². The lowest BCUT2D eigenvalue weighted by Gasteiger charge is -2.48. The number of hydrogen-bond acceptors (Lipinski definition) is 2. The van der Waals surface area contributed by atoms with Crippen molar-refractivity contribution in [2.45, 2.75) is 38.3 Å². The Balaban J connectivity index is 1.52. The number of fused-ring (bicyclic) bond motifs is 2. The molecule has 2 aliphatic rings. The predicted octanol–water partition coefficient (Wildman–Crippen LogP) is 3.86. The summed E-state index contributed by atoms with van der Waals surface area (Å²) in [5, 5.41) is 0. The van der Waals surface area contributed by atoms with Gasteiger partial charge in [-0.05, 0) is 43.1 Å². The van der Waals surface area contributed by atoms with Crippen LogP contribution >= 0.6 is 0 Å². The second-order valence-corrected chi connectivity index (χ2v) is 7.82. The van der Waals surface area contributed by atoms with Crippen LogP contribution in [0.3, 0.4) is 0 Å². The van der Waals surface area contributed by atoms with Crippen LogP contribution < -0.4 is 0 Å². The highest BCUT2D eigenvalue weighted by Gasteiger charge is 2.42. The zero-order valence-corrected chi connectivity index (χ0v) is 15.5. The Morgan fingerprint density at radius 2 is 1.85 bits per heavy atom. The average molecular weight is 370 g/mol. The number of rotatable bonds is 2. The molecule has 0 atom stereocenters. The molecule has 1 fully saturated rings. The molecule has 2 heterocycles. The van der Waals surface area contributed by atoms with Crippen molar-refractivity contribution in [2.24, 2.45) is 0 Å². The van der Waals surface area contributed by atoms with Crippen LogP contribution in [0.25, 0.3) is 0 Å². The SMILES string of the molecule is CC(=O)N1Cc2ccccc2C2(CCN(Cc3ccc(F)cc3F)CC2)C1. The van der Waals surface area contributed by atoms with Gasteiger partial charge in [0, 0.05) is 43.6 Å². The lowest BCUT2D eigenvalue weighted by molar-refractivity contribution is -0.131. The van der Waals surface area contributed by atoms with Crippen LogP contribution in [0.4, 0.5) is 8.78 Å². The molecule has 0 N–H and O–H groups in total. The third kappa shape index (κ3) is 3.48. The van der Waals surface area contributed by atoms with E-state index in [0.717, 1.165) is 38.5 Å². The molecule has 1 spiro atoms. The summed E-state index contributed by atoms with van der Waals surface area (Å²) in [5.41, 5.74) is 3.09. The van der Waals surface area contributed by atoms with Gasteiger partial charge in [-0.3, -0.25) is 9.69 Å². The molecule has 5 heteroatoms. The van der Waals surface area contributed by atoms with Gasteiger partial charge in [-0.15, -0.1) is 0 Å². The maximum Gasteiger partial charge on any atom is 0.219 e. The van der Waals surface area contributed by atoms with Crippen molar-refractivity contribution in [1.29, 1.82) is 0 Å². The van der Waals surface area contributed by atoms with E-state index in [1.165, 1.54) is 23.3 Å². The summed E-state index contributed by atoms with van der Waals surface area (Å²) >= 11 is 0. The van der Waals surface area contributed by atoms with Crippen molar-refractivity contribution in [3.63, 3.8) is 0 Å². The van der Waals surface area contributed by atoms with E-state index in [1.54, 1.807) is 6.92 Å². The van der Waals surface area contributed by atoms with Gasteiger partial charge in [-0.2, -0.15) is 0 Å². The maximum absolute atomic E-state index is 14.0. The predicted molar refractivity (Wildman–Crippen MR) is 100 cm³/mol. The number of carbonyl (C=O) groups excluding carboxylic acids is 1. The van der Waals surface area contributed by atoms with Crippen LogP contribution in [0, 0.1) is 11.6 Å². The van der Waals surface area contributed by atoms with E-state index in [4.69, 9.17) is 0 Å². The van der Waals surface area contributed by atoms with Crippen LogP contribution in [0.1, 0.15) is 36.5 Å². The quantitative estimate of drug-likeness (QED) is 0.801. The minimum atomic E-state index is -0.544. The first-order chi connectivity index (χ1) is 13.0. The number of carbonyl (C=O) groups is 1.